The van der Waals surface area contributed by atoms with Crippen LogP contribution in [0.3, 0.4) is 0 Å². The molecule has 2 heterocycles. The fourth-order valence-corrected chi connectivity index (χ4v) is 1.73. The maximum Gasteiger partial charge on any atom is 0.128 e. The van der Waals surface area contributed by atoms with Crippen molar-refractivity contribution in [3.63, 3.8) is 0 Å². The molecule has 0 atom stereocenters. The van der Waals surface area contributed by atoms with Gasteiger partial charge in [-0.15, -0.1) is 0 Å². The highest BCUT2D eigenvalue weighted by atomic mass is 14.9. The lowest BCUT2D eigenvalue weighted by molar-refractivity contribution is 0.615. The Hall–Kier alpha value is -0.960. The summed E-state index contributed by atoms with van der Waals surface area (Å²) >= 11 is 0. The molecule has 0 aromatic carbocycles. The van der Waals surface area contributed by atoms with Crippen molar-refractivity contribution in [3.05, 3.63) is 22.8 Å². The van der Waals surface area contributed by atoms with Crippen molar-refractivity contribution in [2.75, 3.05) is 6.54 Å². The summed E-state index contributed by atoms with van der Waals surface area (Å²) in [4.78, 5) is 9.00. The van der Waals surface area contributed by atoms with E-state index in [0.29, 0.717) is 0 Å². The number of hydrogen-bond donors (Lipinski definition) is 1. The molecule has 1 aromatic rings. The molecular weight excluding hydrogens is 186 g/mol. The standard InChI is InChI=1S/C10H15N3.C2H6/c1-3-10-12-7(2)8-6-11-5-4-9(8)13-10;1-2/h11H,3-6H2,1-2H3;1-2H3. The predicted octanol–water partition coefficient (Wildman–Crippen LogP) is 2.02. The molecule has 84 valence electrons. The molecule has 0 aliphatic carbocycles. The van der Waals surface area contributed by atoms with Crippen LogP contribution in [0.15, 0.2) is 0 Å². The van der Waals surface area contributed by atoms with Gasteiger partial charge in [-0.1, -0.05) is 20.8 Å². The van der Waals surface area contributed by atoms with Crippen LogP contribution in [-0.4, -0.2) is 16.5 Å². The molecule has 0 spiro atoms. The van der Waals surface area contributed by atoms with Crippen LogP contribution in [0.5, 0.6) is 0 Å². The first-order valence-electron chi connectivity index (χ1n) is 5.87. The zero-order valence-electron chi connectivity index (χ0n) is 10.2. The second kappa shape index (κ2) is 5.81. The van der Waals surface area contributed by atoms with Crippen LogP contribution in [0.25, 0.3) is 0 Å². The Morgan fingerprint density at radius 2 is 2.00 bits per heavy atom. The SMILES string of the molecule is CC.CCc1nc(C)c2c(n1)CCNC2. The van der Waals surface area contributed by atoms with Crippen LogP contribution in [0, 0.1) is 6.92 Å². The summed E-state index contributed by atoms with van der Waals surface area (Å²) in [5, 5.41) is 3.34. The molecule has 0 saturated carbocycles. The third-order valence-electron chi connectivity index (χ3n) is 2.50. The lowest BCUT2D eigenvalue weighted by atomic mass is 10.1. The Kier molecular flexibility index (Phi) is 4.69. The number of rotatable bonds is 1. The van der Waals surface area contributed by atoms with Crippen LogP contribution in [0.2, 0.25) is 0 Å². The summed E-state index contributed by atoms with van der Waals surface area (Å²) < 4.78 is 0. The maximum absolute atomic E-state index is 4.54. The molecule has 1 aromatic heterocycles. The molecule has 0 unspecified atom stereocenters. The minimum absolute atomic E-state index is 0.932. The number of nitrogens with zero attached hydrogens (tertiary/aromatic N) is 2. The molecular formula is C12H21N3. The van der Waals surface area contributed by atoms with Crippen molar-refractivity contribution in [2.45, 2.75) is 47.1 Å². The first-order valence-corrected chi connectivity index (χ1v) is 5.87. The van der Waals surface area contributed by atoms with E-state index in [-0.39, 0.29) is 0 Å². The molecule has 15 heavy (non-hydrogen) atoms. The molecule has 1 N–H and O–H groups in total. The van der Waals surface area contributed by atoms with Crippen LogP contribution in [0.1, 0.15) is 43.5 Å². The van der Waals surface area contributed by atoms with Crippen molar-refractivity contribution < 1.29 is 0 Å². The molecule has 3 heteroatoms. The minimum atomic E-state index is 0.932. The van der Waals surface area contributed by atoms with Gasteiger partial charge in [-0.3, -0.25) is 0 Å². The average molecular weight is 207 g/mol. The lowest BCUT2D eigenvalue weighted by Gasteiger charge is -2.18. The van der Waals surface area contributed by atoms with Crippen molar-refractivity contribution >= 4 is 0 Å². The summed E-state index contributed by atoms with van der Waals surface area (Å²) in [5.41, 5.74) is 3.71. The van der Waals surface area contributed by atoms with Gasteiger partial charge < -0.3 is 5.32 Å². The molecule has 3 nitrogen and oxygen atoms in total. The average Bonchev–Trinajstić information content (AvgIpc) is 2.31. The van der Waals surface area contributed by atoms with Crippen molar-refractivity contribution in [3.8, 4) is 0 Å². The number of aromatic nitrogens is 2. The fraction of sp³-hybridized carbons (Fsp3) is 0.667. The number of aryl methyl sites for hydroxylation is 2. The van der Waals surface area contributed by atoms with E-state index in [9.17, 15) is 0 Å². The second-order valence-electron chi connectivity index (χ2n) is 3.43. The maximum atomic E-state index is 4.54. The monoisotopic (exact) mass is 207 g/mol. The molecule has 0 bridgehead atoms. The fourth-order valence-electron chi connectivity index (χ4n) is 1.73. The van der Waals surface area contributed by atoms with Crippen LogP contribution in [-0.2, 0) is 19.4 Å². The molecule has 1 aliphatic heterocycles. The van der Waals surface area contributed by atoms with Crippen molar-refractivity contribution in [1.82, 2.24) is 15.3 Å². The normalized spacial score (nSPS) is 13.9. The number of fused-ring (bicyclic) bond motifs is 1. The molecule has 1 aliphatic rings. The second-order valence-corrected chi connectivity index (χ2v) is 3.43. The largest absolute Gasteiger partial charge is 0.312 e. The Bertz CT molecular complexity index is 321. The van der Waals surface area contributed by atoms with E-state index in [1.165, 1.54) is 11.3 Å². The number of nitrogens with one attached hydrogen (secondary N) is 1. The lowest BCUT2D eigenvalue weighted by Crippen LogP contribution is -2.26. The van der Waals surface area contributed by atoms with Crippen LogP contribution < -0.4 is 5.32 Å². The highest BCUT2D eigenvalue weighted by molar-refractivity contribution is 5.27. The summed E-state index contributed by atoms with van der Waals surface area (Å²) in [6.45, 7) is 10.2. The quantitative estimate of drug-likeness (QED) is 0.765. The van der Waals surface area contributed by atoms with Gasteiger partial charge in [0.25, 0.3) is 0 Å². The third kappa shape index (κ3) is 2.75. The van der Waals surface area contributed by atoms with Gasteiger partial charge >= 0.3 is 0 Å². The van der Waals surface area contributed by atoms with E-state index in [0.717, 1.165) is 37.4 Å². The summed E-state index contributed by atoms with van der Waals surface area (Å²) in [7, 11) is 0. The van der Waals surface area contributed by atoms with E-state index in [1.54, 1.807) is 0 Å². The molecule has 0 saturated heterocycles. The van der Waals surface area contributed by atoms with Gasteiger partial charge in [0, 0.05) is 37.2 Å². The zero-order chi connectivity index (χ0) is 11.3. The minimum Gasteiger partial charge on any atom is -0.312 e. The van der Waals surface area contributed by atoms with E-state index in [1.807, 2.05) is 13.8 Å². The Labute approximate surface area is 92.3 Å². The van der Waals surface area contributed by atoms with Gasteiger partial charge in [-0.05, 0) is 6.92 Å². The number of hydrogen-bond acceptors (Lipinski definition) is 3. The van der Waals surface area contributed by atoms with E-state index in [2.05, 4.69) is 29.1 Å². The topological polar surface area (TPSA) is 37.8 Å². The van der Waals surface area contributed by atoms with E-state index in [4.69, 9.17) is 0 Å². The van der Waals surface area contributed by atoms with Crippen LogP contribution in [0.4, 0.5) is 0 Å². The van der Waals surface area contributed by atoms with Gasteiger partial charge in [-0.2, -0.15) is 0 Å². The molecule has 0 fully saturated rings. The third-order valence-corrected chi connectivity index (χ3v) is 2.50. The van der Waals surface area contributed by atoms with Gasteiger partial charge in [0.15, 0.2) is 0 Å². The molecule has 0 amide bonds. The highest BCUT2D eigenvalue weighted by Crippen LogP contribution is 2.14. The van der Waals surface area contributed by atoms with Gasteiger partial charge in [0.1, 0.15) is 5.82 Å². The highest BCUT2D eigenvalue weighted by Gasteiger charge is 2.13. The smallest absolute Gasteiger partial charge is 0.128 e. The first kappa shape index (κ1) is 12.1. The van der Waals surface area contributed by atoms with Gasteiger partial charge in [0.2, 0.25) is 0 Å². The summed E-state index contributed by atoms with van der Waals surface area (Å²) in [6.07, 6.45) is 1.98. The van der Waals surface area contributed by atoms with Crippen molar-refractivity contribution in [2.24, 2.45) is 0 Å². The van der Waals surface area contributed by atoms with Gasteiger partial charge in [0.05, 0.1) is 5.69 Å². The predicted molar refractivity (Wildman–Crippen MR) is 62.9 cm³/mol. The van der Waals surface area contributed by atoms with Crippen LogP contribution >= 0.6 is 0 Å². The van der Waals surface area contributed by atoms with E-state index >= 15 is 0 Å². The molecule has 2 rings (SSSR count). The first-order chi connectivity index (χ1) is 7.31. The molecule has 0 radical (unpaired) electrons. The Morgan fingerprint density at radius 1 is 1.27 bits per heavy atom. The Morgan fingerprint density at radius 3 is 2.67 bits per heavy atom. The Balaban J connectivity index is 0.000000531. The zero-order valence-corrected chi connectivity index (χ0v) is 10.2. The van der Waals surface area contributed by atoms with E-state index < -0.39 is 0 Å². The van der Waals surface area contributed by atoms with Gasteiger partial charge in [-0.25, -0.2) is 9.97 Å². The summed E-state index contributed by atoms with van der Waals surface area (Å²) in [5.74, 6) is 0.984. The van der Waals surface area contributed by atoms with Crippen molar-refractivity contribution in [1.29, 1.82) is 0 Å². The summed E-state index contributed by atoms with van der Waals surface area (Å²) in [6, 6.07) is 0.